The Balaban J connectivity index is 1.86. The number of aromatic nitrogens is 2. The molecule has 26 heavy (non-hydrogen) atoms. The SMILES string of the molecule is COc1ccc(C(=O)N(C)Cc2nc(C)c3ccccc3n2)c(OC)c1. The van der Waals surface area contributed by atoms with Gasteiger partial charge in [0.05, 0.1) is 31.8 Å². The lowest BCUT2D eigenvalue weighted by Gasteiger charge is -2.19. The summed E-state index contributed by atoms with van der Waals surface area (Å²) < 4.78 is 10.5. The summed E-state index contributed by atoms with van der Waals surface area (Å²) in [7, 11) is 4.82. The predicted octanol–water partition coefficient (Wildman–Crippen LogP) is 3.23. The number of fused-ring (bicyclic) bond motifs is 1. The number of para-hydroxylation sites is 1. The molecular formula is C20H21N3O3. The van der Waals surface area contributed by atoms with E-state index < -0.39 is 0 Å². The zero-order valence-electron chi connectivity index (χ0n) is 15.3. The maximum Gasteiger partial charge on any atom is 0.257 e. The van der Waals surface area contributed by atoms with Gasteiger partial charge in [-0.05, 0) is 25.1 Å². The molecular weight excluding hydrogens is 330 g/mol. The van der Waals surface area contributed by atoms with Crippen molar-refractivity contribution < 1.29 is 14.3 Å². The van der Waals surface area contributed by atoms with Gasteiger partial charge in [-0.3, -0.25) is 4.79 Å². The molecule has 1 heterocycles. The Morgan fingerprint density at radius 2 is 1.85 bits per heavy atom. The maximum atomic E-state index is 12.8. The Hall–Kier alpha value is -3.15. The van der Waals surface area contributed by atoms with Gasteiger partial charge in [-0.2, -0.15) is 0 Å². The molecule has 0 unspecified atom stereocenters. The van der Waals surface area contributed by atoms with Crippen LogP contribution in [0.3, 0.4) is 0 Å². The molecule has 0 saturated carbocycles. The number of rotatable bonds is 5. The molecule has 134 valence electrons. The fourth-order valence-electron chi connectivity index (χ4n) is 2.83. The van der Waals surface area contributed by atoms with Crippen LogP contribution in [0.5, 0.6) is 11.5 Å². The van der Waals surface area contributed by atoms with Crippen molar-refractivity contribution in [1.82, 2.24) is 14.9 Å². The molecule has 0 N–H and O–H groups in total. The summed E-state index contributed by atoms with van der Waals surface area (Å²) in [4.78, 5) is 23.5. The lowest BCUT2D eigenvalue weighted by atomic mass is 10.1. The van der Waals surface area contributed by atoms with Gasteiger partial charge >= 0.3 is 0 Å². The molecule has 0 aliphatic carbocycles. The van der Waals surface area contributed by atoms with E-state index in [0.29, 0.717) is 29.4 Å². The average Bonchev–Trinajstić information content (AvgIpc) is 2.66. The van der Waals surface area contributed by atoms with Crippen molar-refractivity contribution in [1.29, 1.82) is 0 Å². The van der Waals surface area contributed by atoms with Crippen molar-refractivity contribution in [3.05, 3.63) is 59.5 Å². The van der Waals surface area contributed by atoms with Crippen LogP contribution in [0, 0.1) is 6.92 Å². The summed E-state index contributed by atoms with van der Waals surface area (Å²) in [5.41, 5.74) is 2.24. The minimum Gasteiger partial charge on any atom is -0.497 e. The van der Waals surface area contributed by atoms with Gasteiger partial charge in [0.15, 0.2) is 0 Å². The van der Waals surface area contributed by atoms with E-state index in [1.54, 1.807) is 37.3 Å². The summed E-state index contributed by atoms with van der Waals surface area (Å²) in [6.45, 7) is 2.25. The molecule has 0 radical (unpaired) electrons. The first-order chi connectivity index (χ1) is 12.5. The summed E-state index contributed by atoms with van der Waals surface area (Å²) in [6, 6.07) is 13.0. The number of aryl methyl sites for hydroxylation is 1. The van der Waals surface area contributed by atoms with E-state index in [1.807, 2.05) is 31.2 Å². The van der Waals surface area contributed by atoms with Crippen LogP contribution in [-0.4, -0.2) is 42.0 Å². The normalized spacial score (nSPS) is 10.6. The lowest BCUT2D eigenvalue weighted by molar-refractivity contribution is 0.0778. The van der Waals surface area contributed by atoms with Gasteiger partial charge in [-0.15, -0.1) is 0 Å². The van der Waals surface area contributed by atoms with Crippen LogP contribution in [0.25, 0.3) is 10.9 Å². The van der Waals surface area contributed by atoms with Gasteiger partial charge in [0.1, 0.15) is 17.3 Å². The standard InChI is InChI=1S/C20H21N3O3/c1-13-15-7-5-6-8-17(15)22-19(21-13)12-23(2)20(24)16-10-9-14(25-3)11-18(16)26-4/h5-11H,12H2,1-4H3. The Kier molecular flexibility index (Phi) is 5.02. The second-order valence-corrected chi connectivity index (χ2v) is 5.97. The Labute approximate surface area is 152 Å². The number of amides is 1. The van der Waals surface area contributed by atoms with E-state index in [1.165, 1.54) is 7.11 Å². The number of methoxy groups -OCH3 is 2. The zero-order valence-corrected chi connectivity index (χ0v) is 15.3. The molecule has 0 aliphatic rings. The van der Waals surface area contributed by atoms with Crippen molar-refractivity contribution in [2.24, 2.45) is 0 Å². The smallest absolute Gasteiger partial charge is 0.257 e. The number of hydrogen-bond donors (Lipinski definition) is 0. The van der Waals surface area contributed by atoms with Crippen molar-refractivity contribution >= 4 is 16.8 Å². The third-order valence-electron chi connectivity index (χ3n) is 4.20. The molecule has 6 nitrogen and oxygen atoms in total. The molecule has 0 saturated heterocycles. The highest BCUT2D eigenvalue weighted by Gasteiger charge is 2.19. The minimum absolute atomic E-state index is 0.168. The summed E-state index contributed by atoms with van der Waals surface area (Å²) in [6.07, 6.45) is 0. The van der Waals surface area contributed by atoms with Crippen molar-refractivity contribution in [2.75, 3.05) is 21.3 Å². The molecule has 1 aromatic heterocycles. The molecule has 3 rings (SSSR count). The second-order valence-electron chi connectivity index (χ2n) is 5.97. The molecule has 1 amide bonds. The predicted molar refractivity (Wildman–Crippen MR) is 99.6 cm³/mol. The first-order valence-electron chi connectivity index (χ1n) is 8.23. The number of ether oxygens (including phenoxy) is 2. The van der Waals surface area contributed by atoms with Gasteiger partial charge in [-0.25, -0.2) is 9.97 Å². The third kappa shape index (κ3) is 3.44. The summed E-state index contributed by atoms with van der Waals surface area (Å²) in [5, 5.41) is 1.02. The lowest BCUT2D eigenvalue weighted by Crippen LogP contribution is -2.27. The maximum absolute atomic E-state index is 12.8. The fourth-order valence-corrected chi connectivity index (χ4v) is 2.83. The molecule has 2 aromatic carbocycles. The number of nitrogens with zero attached hydrogens (tertiary/aromatic N) is 3. The first kappa shape index (κ1) is 17.7. The van der Waals surface area contributed by atoms with Crippen LogP contribution in [0.15, 0.2) is 42.5 Å². The fraction of sp³-hybridized carbons (Fsp3) is 0.250. The van der Waals surface area contributed by atoms with Crippen molar-refractivity contribution in [3.63, 3.8) is 0 Å². The Morgan fingerprint density at radius 3 is 2.58 bits per heavy atom. The number of hydrogen-bond acceptors (Lipinski definition) is 5. The van der Waals surface area contributed by atoms with Crippen LogP contribution in [0.4, 0.5) is 0 Å². The van der Waals surface area contributed by atoms with Crippen LogP contribution in [0.2, 0.25) is 0 Å². The van der Waals surface area contributed by atoms with E-state index in [-0.39, 0.29) is 5.91 Å². The van der Waals surface area contributed by atoms with Crippen molar-refractivity contribution in [2.45, 2.75) is 13.5 Å². The van der Waals surface area contributed by atoms with Gasteiger partial charge < -0.3 is 14.4 Å². The Bertz CT molecular complexity index is 956. The highest BCUT2D eigenvalue weighted by molar-refractivity contribution is 5.97. The van der Waals surface area contributed by atoms with Crippen LogP contribution in [-0.2, 0) is 6.54 Å². The van der Waals surface area contributed by atoms with Gasteiger partial charge in [0.2, 0.25) is 0 Å². The molecule has 0 atom stereocenters. The second kappa shape index (κ2) is 7.39. The summed E-state index contributed by atoms with van der Waals surface area (Å²) >= 11 is 0. The third-order valence-corrected chi connectivity index (χ3v) is 4.20. The molecule has 0 spiro atoms. The van der Waals surface area contributed by atoms with E-state index in [2.05, 4.69) is 9.97 Å². The van der Waals surface area contributed by atoms with Crippen LogP contribution in [0.1, 0.15) is 21.9 Å². The highest BCUT2D eigenvalue weighted by atomic mass is 16.5. The van der Waals surface area contributed by atoms with Gasteiger partial charge in [-0.1, -0.05) is 18.2 Å². The quantitative estimate of drug-likeness (QED) is 0.706. The molecule has 3 aromatic rings. The number of benzene rings is 2. The van der Waals surface area contributed by atoms with Crippen molar-refractivity contribution in [3.8, 4) is 11.5 Å². The monoisotopic (exact) mass is 351 g/mol. The summed E-state index contributed by atoms with van der Waals surface area (Å²) in [5.74, 6) is 1.54. The molecule has 6 heteroatoms. The topological polar surface area (TPSA) is 64.5 Å². The largest absolute Gasteiger partial charge is 0.497 e. The molecule has 0 aliphatic heterocycles. The Morgan fingerprint density at radius 1 is 1.08 bits per heavy atom. The van der Waals surface area contributed by atoms with E-state index in [0.717, 1.165) is 16.6 Å². The van der Waals surface area contributed by atoms with Crippen LogP contribution >= 0.6 is 0 Å². The molecule has 0 fully saturated rings. The van der Waals surface area contributed by atoms with Gasteiger partial charge in [0.25, 0.3) is 5.91 Å². The van der Waals surface area contributed by atoms with Gasteiger partial charge in [0, 0.05) is 24.2 Å². The number of carbonyl (C=O) groups is 1. The number of carbonyl (C=O) groups excluding carboxylic acids is 1. The first-order valence-corrected chi connectivity index (χ1v) is 8.23. The minimum atomic E-state index is -0.168. The van der Waals surface area contributed by atoms with E-state index >= 15 is 0 Å². The highest BCUT2D eigenvalue weighted by Crippen LogP contribution is 2.26. The average molecular weight is 351 g/mol. The van der Waals surface area contributed by atoms with Crippen LogP contribution < -0.4 is 9.47 Å². The van der Waals surface area contributed by atoms with E-state index in [9.17, 15) is 4.79 Å². The zero-order chi connectivity index (χ0) is 18.7. The molecule has 0 bridgehead atoms. The van der Waals surface area contributed by atoms with E-state index in [4.69, 9.17) is 9.47 Å².